The summed E-state index contributed by atoms with van der Waals surface area (Å²) in [6, 6.07) is 8.24. The fourth-order valence-electron chi connectivity index (χ4n) is 4.23. The SMILES string of the molecule is CCN(Cc1cc(C(F)(F)F)ccc1-c1cc(CC(=O)O)ccc1OC)C(=O)CN1CCCC1. The molecule has 2 aromatic carbocycles. The van der Waals surface area contributed by atoms with Crippen LogP contribution in [0.4, 0.5) is 13.2 Å². The minimum Gasteiger partial charge on any atom is -0.496 e. The normalized spacial score (nSPS) is 14.3. The van der Waals surface area contributed by atoms with Gasteiger partial charge < -0.3 is 14.7 Å². The van der Waals surface area contributed by atoms with Gasteiger partial charge in [-0.1, -0.05) is 12.1 Å². The summed E-state index contributed by atoms with van der Waals surface area (Å²) in [4.78, 5) is 27.7. The molecule has 0 unspecified atom stereocenters. The molecule has 0 aliphatic carbocycles. The highest BCUT2D eigenvalue weighted by atomic mass is 19.4. The summed E-state index contributed by atoms with van der Waals surface area (Å²) in [6.45, 7) is 4.05. The molecule has 1 amide bonds. The van der Waals surface area contributed by atoms with Crippen molar-refractivity contribution in [3.63, 3.8) is 0 Å². The molecular weight excluding hydrogens is 449 g/mol. The van der Waals surface area contributed by atoms with Crippen molar-refractivity contribution in [2.24, 2.45) is 0 Å². The topological polar surface area (TPSA) is 70.1 Å². The molecule has 1 aliphatic rings. The van der Waals surface area contributed by atoms with Crippen LogP contribution in [-0.4, -0.2) is 60.1 Å². The van der Waals surface area contributed by atoms with E-state index in [2.05, 4.69) is 4.90 Å². The van der Waals surface area contributed by atoms with Gasteiger partial charge in [-0.3, -0.25) is 14.5 Å². The Hall–Kier alpha value is -3.07. The number of methoxy groups -OCH3 is 1. The Labute approximate surface area is 196 Å². The summed E-state index contributed by atoms with van der Waals surface area (Å²) in [5, 5.41) is 9.16. The molecule has 34 heavy (non-hydrogen) atoms. The predicted octanol–water partition coefficient (Wildman–Crippen LogP) is 4.45. The smallest absolute Gasteiger partial charge is 0.416 e. The average molecular weight is 479 g/mol. The summed E-state index contributed by atoms with van der Waals surface area (Å²) in [7, 11) is 1.44. The molecule has 1 heterocycles. The van der Waals surface area contributed by atoms with Crippen molar-refractivity contribution in [1.29, 1.82) is 0 Å². The maximum absolute atomic E-state index is 13.5. The number of alkyl halides is 3. The number of halogens is 3. The Kier molecular flexibility index (Phi) is 8.19. The summed E-state index contributed by atoms with van der Waals surface area (Å²) >= 11 is 0. The van der Waals surface area contributed by atoms with E-state index in [1.54, 1.807) is 30.0 Å². The Balaban J connectivity index is 2.03. The van der Waals surface area contributed by atoms with Gasteiger partial charge >= 0.3 is 12.1 Å². The third-order valence-corrected chi connectivity index (χ3v) is 6.00. The Morgan fingerprint density at radius 3 is 2.38 bits per heavy atom. The van der Waals surface area contributed by atoms with E-state index in [9.17, 15) is 22.8 Å². The summed E-state index contributed by atoms with van der Waals surface area (Å²) in [5.41, 5.74) is 0.941. The van der Waals surface area contributed by atoms with Crippen LogP contribution in [0.1, 0.15) is 36.5 Å². The summed E-state index contributed by atoms with van der Waals surface area (Å²) in [5.74, 6) is -0.755. The van der Waals surface area contributed by atoms with Crippen molar-refractivity contribution in [3.8, 4) is 16.9 Å². The van der Waals surface area contributed by atoms with Crippen molar-refractivity contribution in [3.05, 3.63) is 53.1 Å². The lowest BCUT2D eigenvalue weighted by Gasteiger charge is -2.26. The maximum atomic E-state index is 13.5. The van der Waals surface area contributed by atoms with E-state index in [1.807, 2.05) is 0 Å². The van der Waals surface area contributed by atoms with E-state index in [0.29, 0.717) is 34.5 Å². The third-order valence-electron chi connectivity index (χ3n) is 6.00. The number of rotatable bonds is 9. The number of amides is 1. The Bertz CT molecular complexity index is 1030. The molecule has 0 bridgehead atoms. The molecule has 1 saturated heterocycles. The minimum absolute atomic E-state index is 0.00522. The molecule has 9 heteroatoms. The van der Waals surface area contributed by atoms with E-state index < -0.39 is 17.7 Å². The number of hydrogen-bond donors (Lipinski definition) is 1. The quantitative estimate of drug-likeness (QED) is 0.577. The average Bonchev–Trinajstić information content (AvgIpc) is 3.29. The van der Waals surface area contributed by atoms with Gasteiger partial charge in [-0.15, -0.1) is 0 Å². The molecule has 0 atom stereocenters. The van der Waals surface area contributed by atoms with Gasteiger partial charge in [-0.2, -0.15) is 13.2 Å². The lowest BCUT2D eigenvalue weighted by atomic mass is 9.94. The van der Waals surface area contributed by atoms with Gasteiger partial charge in [0.15, 0.2) is 0 Å². The standard InChI is InChI=1S/C25H29F3N2O4/c1-3-30(23(31)16-29-10-4-5-11-29)15-18-14-19(25(26,27)28)7-8-20(18)21-12-17(13-24(32)33)6-9-22(21)34-2/h6-9,12,14H,3-5,10-11,13,15-16H2,1-2H3,(H,32,33). The summed E-state index contributed by atoms with van der Waals surface area (Å²) < 4.78 is 46.0. The molecule has 0 radical (unpaired) electrons. The van der Waals surface area contributed by atoms with Gasteiger partial charge in [-0.25, -0.2) is 0 Å². The van der Waals surface area contributed by atoms with E-state index in [-0.39, 0.29) is 25.4 Å². The number of hydrogen-bond acceptors (Lipinski definition) is 4. The second kappa shape index (κ2) is 10.9. The van der Waals surface area contributed by atoms with Crippen LogP contribution in [0.2, 0.25) is 0 Å². The molecule has 1 fully saturated rings. The number of ether oxygens (including phenoxy) is 1. The van der Waals surface area contributed by atoms with Crippen molar-refractivity contribution >= 4 is 11.9 Å². The number of aliphatic carboxylic acids is 1. The first kappa shape index (κ1) is 25.6. The van der Waals surface area contributed by atoms with Crippen molar-refractivity contribution in [2.75, 3.05) is 33.3 Å². The zero-order valence-electron chi connectivity index (χ0n) is 19.3. The highest BCUT2D eigenvalue weighted by Crippen LogP contribution is 2.38. The fourth-order valence-corrected chi connectivity index (χ4v) is 4.23. The molecular formula is C25H29F3N2O4. The van der Waals surface area contributed by atoms with Crippen LogP contribution >= 0.6 is 0 Å². The van der Waals surface area contributed by atoms with Crippen LogP contribution in [0.3, 0.4) is 0 Å². The predicted molar refractivity (Wildman–Crippen MR) is 122 cm³/mol. The van der Waals surface area contributed by atoms with E-state index >= 15 is 0 Å². The van der Waals surface area contributed by atoms with Gasteiger partial charge in [0.25, 0.3) is 0 Å². The van der Waals surface area contributed by atoms with Gasteiger partial charge in [0, 0.05) is 18.7 Å². The second-order valence-electron chi connectivity index (χ2n) is 8.37. The number of benzene rings is 2. The van der Waals surface area contributed by atoms with Crippen LogP contribution in [0.15, 0.2) is 36.4 Å². The molecule has 0 aromatic heterocycles. The van der Waals surface area contributed by atoms with Crippen LogP contribution in [-0.2, 0) is 28.7 Å². The summed E-state index contributed by atoms with van der Waals surface area (Å²) in [6.07, 6.45) is -2.71. The van der Waals surface area contributed by atoms with Crippen molar-refractivity contribution in [1.82, 2.24) is 9.80 Å². The highest BCUT2D eigenvalue weighted by molar-refractivity contribution is 5.80. The maximum Gasteiger partial charge on any atom is 0.416 e. The van der Waals surface area contributed by atoms with E-state index in [1.165, 1.54) is 13.2 Å². The van der Waals surface area contributed by atoms with Crippen LogP contribution in [0.5, 0.6) is 5.75 Å². The van der Waals surface area contributed by atoms with Gasteiger partial charge in [0.2, 0.25) is 5.91 Å². The number of nitrogens with zero attached hydrogens (tertiary/aromatic N) is 2. The first-order valence-electron chi connectivity index (χ1n) is 11.2. The van der Waals surface area contributed by atoms with E-state index in [4.69, 9.17) is 9.84 Å². The fraction of sp³-hybridized carbons (Fsp3) is 0.440. The number of likely N-dealkylation sites (tertiary alicyclic amines) is 1. The third kappa shape index (κ3) is 6.28. The van der Waals surface area contributed by atoms with Gasteiger partial charge in [-0.05, 0) is 73.8 Å². The Morgan fingerprint density at radius 1 is 1.09 bits per heavy atom. The van der Waals surface area contributed by atoms with Crippen LogP contribution in [0.25, 0.3) is 11.1 Å². The lowest BCUT2D eigenvalue weighted by Crippen LogP contribution is -2.39. The molecule has 2 aromatic rings. The number of carboxylic acids is 1. The largest absolute Gasteiger partial charge is 0.496 e. The molecule has 0 spiro atoms. The second-order valence-corrected chi connectivity index (χ2v) is 8.37. The van der Waals surface area contributed by atoms with Gasteiger partial charge in [0.05, 0.1) is 25.6 Å². The van der Waals surface area contributed by atoms with Crippen LogP contribution < -0.4 is 4.74 Å². The van der Waals surface area contributed by atoms with Crippen molar-refractivity contribution in [2.45, 2.75) is 38.9 Å². The molecule has 1 aliphatic heterocycles. The van der Waals surface area contributed by atoms with E-state index in [0.717, 1.165) is 38.1 Å². The number of carbonyl (C=O) groups is 2. The zero-order chi connectivity index (χ0) is 24.9. The molecule has 184 valence electrons. The molecule has 1 N–H and O–H groups in total. The van der Waals surface area contributed by atoms with Crippen LogP contribution in [0, 0.1) is 0 Å². The zero-order valence-corrected chi connectivity index (χ0v) is 19.3. The Morgan fingerprint density at radius 2 is 1.79 bits per heavy atom. The molecule has 6 nitrogen and oxygen atoms in total. The lowest BCUT2D eigenvalue weighted by molar-refractivity contribution is -0.138. The number of likely N-dealkylation sites (N-methyl/N-ethyl adjacent to an activating group) is 1. The minimum atomic E-state index is -4.54. The first-order valence-corrected chi connectivity index (χ1v) is 11.2. The number of carboxylic acid groups (broad SMARTS) is 1. The molecule has 0 saturated carbocycles. The van der Waals surface area contributed by atoms with Gasteiger partial charge in [0.1, 0.15) is 5.75 Å². The monoisotopic (exact) mass is 478 g/mol. The highest BCUT2D eigenvalue weighted by Gasteiger charge is 2.32. The van der Waals surface area contributed by atoms with Crippen molar-refractivity contribution < 1.29 is 32.6 Å². The number of carbonyl (C=O) groups excluding carboxylic acids is 1. The molecule has 3 rings (SSSR count). The first-order chi connectivity index (χ1) is 16.1.